The van der Waals surface area contributed by atoms with E-state index in [1.54, 1.807) is 0 Å². The van der Waals surface area contributed by atoms with Crippen molar-refractivity contribution in [2.75, 3.05) is 0 Å². The van der Waals surface area contributed by atoms with E-state index < -0.39 is 11.9 Å². The van der Waals surface area contributed by atoms with Gasteiger partial charge in [0.25, 0.3) is 0 Å². The third-order valence-electron chi connectivity index (χ3n) is 2.41. The van der Waals surface area contributed by atoms with Crippen molar-refractivity contribution in [2.24, 2.45) is 0 Å². The molecule has 0 aliphatic rings. The first kappa shape index (κ1) is 13.5. The van der Waals surface area contributed by atoms with Crippen LogP contribution in [-0.4, -0.2) is 32.0 Å². The normalized spacial score (nSPS) is 11.2. The van der Waals surface area contributed by atoms with Crippen LogP contribution in [0.25, 0.3) is 11.8 Å². The quantitative estimate of drug-likeness (QED) is 0.803. The number of carboxylic acids is 1. The van der Waals surface area contributed by atoms with Gasteiger partial charge < -0.3 is 10.4 Å². The van der Waals surface area contributed by atoms with Crippen molar-refractivity contribution >= 4 is 18.0 Å². The van der Waals surface area contributed by atoms with E-state index in [-0.39, 0.29) is 5.70 Å². The Balaban J connectivity index is 2.41. The molecular weight excluding hydrogens is 260 g/mol. The number of nitrogens with one attached hydrogen (secondary N) is 1. The topological polar surface area (TPSA) is 97.1 Å². The Morgan fingerprint density at radius 1 is 1.30 bits per heavy atom. The van der Waals surface area contributed by atoms with Crippen molar-refractivity contribution in [3.05, 3.63) is 47.9 Å². The summed E-state index contributed by atoms with van der Waals surface area (Å²) < 4.78 is 1.48. The second kappa shape index (κ2) is 5.79. The molecule has 0 atom stereocenters. The maximum Gasteiger partial charge on any atom is 0.352 e. The summed E-state index contributed by atoms with van der Waals surface area (Å²) in [5.41, 5.74) is 0.947. The Morgan fingerprint density at radius 3 is 2.60 bits per heavy atom. The molecule has 0 fully saturated rings. The van der Waals surface area contributed by atoms with Crippen LogP contribution in [-0.2, 0) is 9.59 Å². The highest BCUT2D eigenvalue weighted by Crippen LogP contribution is 2.11. The number of para-hydroxylation sites is 1. The molecule has 0 aliphatic carbocycles. The minimum atomic E-state index is -1.24. The molecule has 20 heavy (non-hydrogen) atoms. The third-order valence-corrected chi connectivity index (χ3v) is 2.41. The number of aliphatic carboxylic acids is 1. The lowest BCUT2D eigenvalue weighted by Crippen LogP contribution is -2.24. The fourth-order valence-electron chi connectivity index (χ4n) is 1.60. The number of benzene rings is 1. The molecule has 2 N–H and O–H groups in total. The minimum Gasteiger partial charge on any atom is -0.477 e. The molecule has 1 aromatic carbocycles. The average Bonchev–Trinajstić information content (AvgIpc) is 2.86. The summed E-state index contributed by atoms with van der Waals surface area (Å²) in [6, 6.07) is 9.14. The number of rotatable bonds is 4. The van der Waals surface area contributed by atoms with Gasteiger partial charge in [0, 0.05) is 6.92 Å². The molecule has 7 heteroatoms. The van der Waals surface area contributed by atoms with Gasteiger partial charge >= 0.3 is 5.97 Å². The monoisotopic (exact) mass is 272 g/mol. The number of carboxylic acid groups (broad SMARTS) is 1. The van der Waals surface area contributed by atoms with Crippen LogP contribution in [0.3, 0.4) is 0 Å². The fourth-order valence-corrected chi connectivity index (χ4v) is 1.60. The minimum absolute atomic E-state index is 0.239. The van der Waals surface area contributed by atoms with E-state index in [0.29, 0.717) is 5.69 Å². The van der Waals surface area contributed by atoms with Crippen molar-refractivity contribution in [1.82, 2.24) is 20.3 Å². The molecule has 0 spiro atoms. The maximum atomic E-state index is 11.1. The van der Waals surface area contributed by atoms with E-state index in [1.165, 1.54) is 23.9 Å². The number of carbonyl (C=O) groups excluding carboxylic acids is 1. The summed E-state index contributed by atoms with van der Waals surface area (Å²) in [4.78, 5) is 22.1. The van der Waals surface area contributed by atoms with Crippen LogP contribution in [0.4, 0.5) is 0 Å². The largest absolute Gasteiger partial charge is 0.477 e. The lowest BCUT2D eigenvalue weighted by Gasteiger charge is -2.05. The molecule has 1 heterocycles. The second-order valence-electron chi connectivity index (χ2n) is 3.95. The van der Waals surface area contributed by atoms with E-state index in [9.17, 15) is 9.59 Å². The number of hydrogen-bond donors (Lipinski definition) is 2. The predicted octanol–water partition coefficient (Wildman–Crippen LogP) is 0.829. The van der Waals surface area contributed by atoms with Gasteiger partial charge in [0.05, 0.1) is 17.6 Å². The van der Waals surface area contributed by atoms with E-state index in [1.807, 2.05) is 30.3 Å². The van der Waals surface area contributed by atoms with Gasteiger partial charge in [-0.2, -0.15) is 0 Å². The van der Waals surface area contributed by atoms with E-state index in [0.717, 1.165) is 5.69 Å². The molecule has 0 radical (unpaired) electrons. The maximum absolute atomic E-state index is 11.1. The molecule has 0 saturated heterocycles. The zero-order valence-corrected chi connectivity index (χ0v) is 10.6. The molecule has 0 saturated carbocycles. The SMILES string of the molecule is CC(=O)N/C(=C/c1cnnn1-c1ccccc1)C(=O)O. The molecule has 0 unspecified atom stereocenters. The summed E-state index contributed by atoms with van der Waals surface area (Å²) in [5.74, 6) is -1.70. The highest BCUT2D eigenvalue weighted by Gasteiger charge is 2.11. The Morgan fingerprint density at radius 2 is 2.00 bits per heavy atom. The number of nitrogens with zero attached hydrogens (tertiary/aromatic N) is 3. The molecule has 2 aromatic rings. The third kappa shape index (κ3) is 3.08. The van der Waals surface area contributed by atoms with Crippen molar-refractivity contribution < 1.29 is 14.7 Å². The molecule has 7 nitrogen and oxygen atoms in total. The molecular formula is C13H12N4O3. The van der Waals surface area contributed by atoms with Crippen LogP contribution >= 0.6 is 0 Å². The average molecular weight is 272 g/mol. The van der Waals surface area contributed by atoms with Crippen LogP contribution in [0.1, 0.15) is 12.6 Å². The number of aromatic nitrogens is 3. The van der Waals surface area contributed by atoms with Crippen molar-refractivity contribution in [3.8, 4) is 5.69 Å². The first-order valence-corrected chi connectivity index (χ1v) is 5.76. The van der Waals surface area contributed by atoms with Gasteiger partial charge in [0.15, 0.2) is 0 Å². The summed E-state index contributed by atoms with van der Waals surface area (Å²) in [7, 11) is 0. The van der Waals surface area contributed by atoms with Crippen LogP contribution in [0.5, 0.6) is 0 Å². The fraction of sp³-hybridized carbons (Fsp3) is 0.0769. The Labute approximate surface area is 114 Å². The summed E-state index contributed by atoms with van der Waals surface area (Å²) in [5, 5.41) is 18.9. The summed E-state index contributed by atoms with van der Waals surface area (Å²) in [6.45, 7) is 1.24. The van der Waals surface area contributed by atoms with Crippen molar-refractivity contribution in [1.29, 1.82) is 0 Å². The Bertz CT molecular complexity index is 661. The van der Waals surface area contributed by atoms with Crippen LogP contribution in [0, 0.1) is 0 Å². The molecule has 1 amide bonds. The smallest absolute Gasteiger partial charge is 0.352 e. The highest BCUT2D eigenvalue weighted by molar-refractivity contribution is 5.96. The van der Waals surface area contributed by atoms with Crippen molar-refractivity contribution in [3.63, 3.8) is 0 Å². The lowest BCUT2D eigenvalue weighted by atomic mass is 10.3. The van der Waals surface area contributed by atoms with Gasteiger partial charge in [-0.15, -0.1) is 5.10 Å². The standard InChI is InChI=1S/C13H12N4O3/c1-9(18)15-12(13(19)20)7-11-8-14-16-17(11)10-5-3-2-4-6-10/h2-8H,1H3,(H,15,18)(H,19,20)/b12-7+. The van der Waals surface area contributed by atoms with Crippen LogP contribution in [0.15, 0.2) is 42.2 Å². The molecule has 2 rings (SSSR count). The van der Waals surface area contributed by atoms with Gasteiger partial charge in [-0.3, -0.25) is 4.79 Å². The summed E-state index contributed by atoms with van der Waals surface area (Å²) >= 11 is 0. The molecule has 0 bridgehead atoms. The first-order chi connectivity index (χ1) is 9.58. The van der Waals surface area contributed by atoms with E-state index in [2.05, 4.69) is 15.6 Å². The second-order valence-corrected chi connectivity index (χ2v) is 3.95. The van der Waals surface area contributed by atoms with Gasteiger partial charge in [0.2, 0.25) is 5.91 Å². The summed E-state index contributed by atoms with van der Waals surface area (Å²) in [6.07, 6.45) is 2.72. The van der Waals surface area contributed by atoms with E-state index >= 15 is 0 Å². The Kier molecular flexibility index (Phi) is 3.90. The van der Waals surface area contributed by atoms with Gasteiger partial charge in [-0.1, -0.05) is 23.4 Å². The van der Waals surface area contributed by atoms with Crippen LogP contribution in [0.2, 0.25) is 0 Å². The van der Waals surface area contributed by atoms with Crippen LogP contribution < -0.4 is 5.32 Å². The molecule has 0 aliphatic heterocycles. The zero-order chi connectivity index (χ0) is 14.5. The first-order valence-electron chi connectivity index (χ1n) is 5.76. The predicted molar refractivity (Wildman–Crippen MR) is 70.8 cm³/mol. The molecule has 1 aromatic heterocycles. The van der Waals surface area contributed by atoms with Gasteiger partial charge in [0.1, 0.15) is 5.70 Å². The zero-order valence-electron chi connectivity index (χ0n) is 10.6. The highest BCUT2D eigenvalue weighted by atomic mass is 16.4. The molecule has 102 valence electrons. The van der Waals surface area contributed by atoms with Crippen molar-refractivity contribution in [2.45, 2.75) is 6.92 Å². The number of hydrogen-bond acceptors (Lipinski definition) is 4. The van der Waals surface area contributed by atoms with E-state index in [4.69, 9.17) is 5.11 Å². The van der Waals surface area contributed by atoms with Gasteiger partial charge in [-0.05, 0) is 18.2 Å². The number of carbonyl (C=O) groups is 2. The lowest BCUT2D eigenvalue weighted by molar-refractivity contribution is -0.134. The Hall–Kier alpha value is -2.96. The van der Waals surface area contributed by atoms with Gasteiger partial charge in [-0.25, -0.2) is 9.48 Å². The number of amides is 1.